The van der Waals surface area contributed by atoms with Gasteiger partial charge in [-0.05, 0) is 38.0 Å². The predicted molar refractivity (Wildman–Crippen MR) is 76.0 cm³/mol. The third-order valence-corrected chi connectivity index (χ3v) is 3.09. The van der Waals surface area contributed by atoms with Gasteiger partial charge in [0.2, 0.25) is 5.78 Å². The van der Waals surface area contributed by atoms with Crippen LogP contribution in [0.1, 0.15) is 44.1 Å². The molecular formula is C16H16N2O2. The van der Waals surface area contributed by atoms with E-state index in [1.54, 1.807) is 6.07 Å². The van der Waals surface area contributed by atoms with Gasteiger partial charge < -0.3 is 0 Å². The fraction of sp³-hybridized carbons (Fsp3) is 0.250. The van der Waals surface area contributed by atoms with Gasteiger partial charge in [0.1, 0.15) is 0 Å². The number of benzene rings is 1. The van der Waals surface area contributed by atoms with Crippen molar-refractivity contribution in [3.63, 3.8) is 0 Å². The van der Waals surface area contributed by atoms with E-state index in [1.165, 1.54) is 12.4 Å². The summed E-state index contributed by atoms with van der Waals surface area (Å²) in [6, 6.07) is 5.53. The smallest absolute Gasteiger partial charge is 0.207 e. The van der Waals surface area contributed by atoms with E-state index in [1.807, 2.05) is 32.9 Å². The predicted octanol–water partition coefficient (Wildman–Crippen LogP) is 2.86. The molecule has 102 valence electrons. The minimum Gasteiger partial charge on any atom is -0.294 e. The fourth-order valence-electron chi connectivity index (χ4n) is 2.38. The van der Waals surface area contributed by atoms with Gasteiger partial charge in [-0.25, -0.2) is 9.97 Å². The quantitative estimate of drug-likeness (QED) is 0.632. The van der Waals surface area contributed by atoms with Crippen LogP contribution in [-0.2, 0) is 0 Å². The lowest BCUT2D eigenvalue weighted by atomic mass is 9.94. The Hall–Kier alpha value is -2.36. The van der Waals surface area contributed by atoms with E-state index in [4.69, 9.17) is 0 Å². The van der Waals surface area contributed by atoms with Gasteiger partial charge in [-0.1, -0.05) is 17.7 Å². The van der Waals surface area contributed by atoms with E-state index in [9.17, 15) is 9.59 Å². The Balaban J connectivity index is 2.24. The van der Waals surface area contributed by atoms with Crippen LogP contribution in [0.5, 0.6) is 0 Å². The maximum Gasteiger partial charge on any atom is 0.207 e. The third kappa shape index (κ3) is 2.96. The molecule has 2 rings (SSSR count). The van der Waals surface area contributed by atoms with Crippen molar-refractivity contribution in [2.24, 2.45) is 0 Å². The third-order valence-electron chi connectivity index (χ3n) is 3.09. The van der Waals surface area contributed by atoms with E-state index in [-0.39, 0.29) is 23.8 Å². The van der Waals surface area contributed by atoms with Crippen molar-refractivity contribution in [3.8, 4) is 0 Å². The number of hydrogen-bond donors (Lipinski definition) is 0. The monoisotopic (exact) mass is 268 g/mol. The van der Waals surface area contributed by atoms with Gasteiger partial charge in [0.25, 0.3) is 0 Å². The second kappa shape index (κ2) is 5.74. The highest BCUT2D eigenvalue weighted by molar-refractivity contribution is 6.13. The molecule has 0 saturated heterocycles. The van der Waals surface area contributed by atoms with Crippen molar-refractivity contribution >= 4 is 11.6 Å². The summed E-state index contributed by atoms with van der Waals surface area (Å²) in [6.45, 7) is 5.75. The topological polar surface area (TPSA) is 59.9 Å². The Labute approximate surface area is 117 Å². The first-order valence-electron chi connectivity index (χ1n) is 6.40. The maximum absolute atomic E-state index is 12.3. The van der Waals surface area contributed by atoms with E-state index >= 15 is 0 Å². The van der Waals surface area contributed by atoms with Crippen LogP contribution in [0.4, 0.5) is 0 Å². The maximum atomic E-state index is 12.3. The first-order valence-corrected chi connectivity index (χ1v) is 6.40. The summed E-state index contributed by atoms with van der Waals surface area (Å²) >= 11 is 0. The number of aryl methyl sites for hydroxylation is 3. The number of carbonyl (C=O) groups is 2. The molecule has 0 aliphatic heterocycles. The lowest BCUT2D eigenvalue weighted by Gasteiger charge is -2.09. The number of aromatic nitrogens is 2. The van der Waals surface area contributed by atoms with Crippen LogP contribution >= 0.6 is 0 Å². The standard InChI is InChI=1S/C16H16N2O2/c1-10-7-11(2)15(12(3)8-10)13(19)9-14(20)16-17-5-4-6-18-16/h4-8H,9H2,1-3H3. The van der Waals surface area contributed by atoms with E-state index in [0.29, 0.717) is 5.56 Å². The second-order valence-corrected chi connectivity index (χ2v) is 4.87. The first kappa shape index (κ1) is 14.1. The van der Waals surface area contributed by atoms with Gasteiger partial charge in [-0.15, -0.1) is 0 Å². The van der Waals surface area contributed by atoms with E-state index in [0.717, 1.165) is 16.7 Å². The van der Waals surface area contributed by atoms with Gasteiger partial charge in [-0.3, -0.25) is 9.59 Å². The molecule has 1 aromatic carbocycles. The van der Waals surface area contributed by atoms with Gasteiger partial charge >= 0.3 is 0 Å². The Morgan fingerprint density at radius 3 is 2.05 bits per heavy atom. The van der Waals surface area contributed by atoms with Crippen LogP contribution in [0.25, 0.3) is 0 Å². The lowest BCUT2D eigenvalue weighted by Crippen LogP contribution is -2.13. The molecule has 1 heterocycles. The van der Waals surface area contributed by atoms with Crippen LogP contribution < -0.4 is 0 Å². The Morgan fingerprint density at radius 1 is 0.950 bits per heavy atom. The molecule has 0 fully saturated rings. The largest absolute Gasteiger partial charge is 0.294 e. The molecule has 0 spiro atoms. The summed E-state index contributed by atoms with van der Waals surface area (Å²) in [5.41, 5.74) is 3.53. The highest BCUT2D eigenvalue weighted by Crippen LogP contribution is 2.18. The minimum absolute atomic E-state index is 0.0864. The molecule has 4 heteroatoms. The molecule has 4 nitrogen and oxygen atoms in total. The second-order valence-electron chi connectivity index (χ2n) is 4.87. The summed E-state index contributed by atoms with van der Waals surface area (Å²) in [5, 5.41) is 0. The molecule has 0 saturated carbocycles. The molecule has 0 atom stereocenters. The van der Waals surface area contributed by atoms with Crippen molar-refractivity contribution in [3.05, 3.63) is 58.7 Å². The van der Waals surface area contributed by atoms with E-state index < -0.39 is 0 Å². The van der Waals surface area contributed by atoms with E-state index in [2.05, 4.69) is 9.97 Å². The molecule has 0 bridgehead atoms. The van der Waals surface area contributed by atoms with Gasteiger partial charge in [-0.2, -0.15) is 0 Å². The van der Waals surface area contributed by atoms with Crippen LogP contribution in [0, 0.1) is 20.8 Å². The molecule has 1 aromatic heterocycles. The van der Waals surface area contributed by atoms with Crippen molar-refractivity contribution in [2.45, 2.75) is 27.2 Å². The average molecular weight is 268 g/mol. The van der Waals surface area contributed by atoms with Gasteiger partial charge in [0.15, 0.2) is 11.6 Å². The number of Topliss-reactive ketones (excluding diaryl/α,β-unsaturated/α-hetero) is 2. The van der Waals surface area contributed by atoms with Crippen LogP contribution in [0.15, 0.2) is 30.6 Å². The summed E-state index contributed by atoms with van der Waals surface area (Å²) in [6.07, 6.45) is 2.79. The van der Waals surface area contributed by atoms with Crippen LogP contribution in [0.2, 0.25) is 0 Å². The lowest BCUT2D eigenvalue weighted by molar-refractivity contribution is 0.0888. The number of rotatable bonds is 4. The van der Waals surface area contributed by atoms with Crippen molar-refractivity contribution in [1.29, 1.82) is 0 Å². The zero-order valence-corrected chi connectivity index (χ0v) is 11.8. The highest BCUT2D eigenvalue weighted by atomic mass is 16.1. The Bertz CT molecular complexity index is 640. The average Bonchev–Trinajstić information content (AvgIpc) is 2.38. The zero-order valence-electron chi connectivity index (χ0n) is 11.8. The van der Waals surface area contributed by atoms with Crippen molar-refractivity contribution < 1.29 is 9.59 Å². The summed E-state index contributed by atoms with van der Waals surface area (Å²) in [7, 11) is 0. The number of ketones is 2. The molecule has 0 radical (unpaired) electrons. The normalized spacial score (nSPS) is 10.3. The molecule has 0 N–H and O–H groups in total. The fourth-order valence-corrected chi connectivity index (χ4v) is 2.38. The zero-order chi connectivity index (χ0) is 14.7. The summed E-state index contributed by atoms with van der Waals surface area (Å²) in [5.74, 6) is -0.448. The molecule has 20 heavy (non-hydrogen) atoms. The number of hydrogen-bond acceptors (Lipinski definition) is 4. The Kier molecular flexibility index (Phi) is 4.03. The van der Waals surface area contributed by atoms with Crippen LogP contribution in [0.3, 0.4) is 0 Å². The van der Waals surface area contributed by atoms with Crippen molar-refractivity contribution in [1.82, 2.24) is 9.97 Å². The molecule has 0 aliphatic rings. The summed E-state index contributed by atoms with van der Waals surface area (Å²) < 4.78 is 0. The minimum atomic E-state index is -0.352. The summed E-state index contributed by atoms with van der Waals surface area (Å²) in [4.78, 5) is 32.0. The van der Waals surface area contributed by atoms with Crippen LogP contribution in [-0.4, -0.2) is 21.5 Å². The molecule has 0 amide bonds. The van der Waals surface area contributed by atoms with Gasteiger partial charge in [0.05, 0.1) is 6.42 Å². The number of carbonyl (C=O) groups excluding carboxylic acids is 2. The molecule has 0 aliphatic carbocycles. The first-order chi connectivity index (χ1) is 9.49. The Morgan fingerprint density at radius 2 is 1.50 bits per heavy atom. The molecule has 2 aromatic rings. The van der Waals surface area contributed by atoms with Gasteiger partial charge in [0, 0.05) is 18.0 Å². The highest BCUT2D eigenvalue weighted by Gasteiger charge is 2.18. The van der Waals surface area contributed by atoms with Crippen molar-refractivity contribution in [2.75, 3.05) is 0 Å². The number of nitrogens with zero attached hydrogens (tertiary/aromatic N) is 2. The molecular weight excluding hydrogens is 252 g/mol. The SMILES string of the molecule is Cc1cc(C)c(C(=O)CC(=O)c2ncccn2)c(C)c1. The molecule has 0 unspecified atom stereocenters.